The summed E-state index contributed by atoms with van der Waals surface area (Å²) in [5, 5.41) is 0. The fourth-order valence-electron chi connectivity index (χ4n) is 3.49. The number of hydrogen-bond acceptors (Lipinski definition) is 6. The van der Waals surface area contributed by atoms with E-state index in [-0.39, 0.29) is 6.61 Å². The minimum absolute atomic E-state index is 0.146. The van der Waals surface area contributed by atoms with Gasteiger partial charge in [0.15, 0.2) is 11.5 Å². The fraction of sp³-hybridized carbons (Fsp3) is 0.360. The van der Waals surface area contributed by atoms with E-state index in [1.165, 1.54) is 6.08 Å². The number of imide groups is 1. The number of carbonyl (C=O) groups is 2. The molecule has 0 aliphatic carbocycles. The molecule has 1 aliphatic rings. The van der Waals surface area contributed by atoms with Crippen molar-refractivity contribution in [3.8, 4) is 11.5 Å². The van der Waals surface area contributed by atoms with Crippen LogP contribution < -0.4 is 9.47 Å². The number of ether oxygens (including phenoxy) is 4. The molecule has 2 aromatic carbocycles. The Bertz CT molecular complexity index is 993. The van der Waals surface area contributed by atoms with Crippen LogP contribution in [0.15, 0.2) is 60.4 Å². The first kappa shape index (κ1) is 23.2. The standard InChI is InChI=1S/C25H29NO6/c1-25(2,3)32-24(28)26-19(14-17-10-7-6-8-11-17)21(15-22(26)27)31-16-18-12-9-13-20(29-4)23(18)30-5/h6-13,15,19H,14,16H2,1-5H3/t19-/m0/s1. The second-order valence-electron chi connectivity index (χ2n) is 8.38. The average molecular weight is 440 g/mol. The number of nitrogens with zero attached hydrogens (tertiary/aromatic N) is 1. The molecule has 7 nitrogen and oxygen atoms in total. The summed E-state index contributed by atoms with van der Waals surface area (Å²) in [6.07, 6.45) is 1.06. The molecule has 0 saturated heterocycles. The predicted octanol–water partition coefficient (Wildman–Crippen LogP) is 4.49. The zero-order valence-corrected chi connectivity index (χ0v) is 19.1. The quantitative estimate of drug-likeness (QED) is 0.633. The van der Waals surface area contributed by atoms with Gasteiger partial charge in [-0.25, -0.2) is 9.69 Å². The molecule has 0 bridgehead atoms. The highest BCUT2D eigenvalue weighted by molar-refractivity contribution is 6.02. The lowest BCUT2D eigenvalue weighted by atomic mass is 10.0. The van der Waals surface area contributed by atoms with E-state index in [9.17, 15) is 9.59 Å². The summed E-state index contributed by atoms with van der Waals surface area (Å²) in [4.78, 5) is 26.7. The minimum Gasteiger partial charge on any atom is -0.493 e. The van der Waals surface area contributed by atoms with Crippen LogP contribution in [0.5, 0.6) is 11.5 Å². The lowest BCUT2D eigenvalue weighted by Crippen LogP contribution is -2.44. The van der Waals surface area contributed by atoms with Gasteiger partial charge >= 0.3 is 6.09 Å². The van der Waals surface area contributed by atoms with Gasteiger partial charge in [0.2, 0.25) is 0 Å². The maximum absolute atomic E-state index is 12.8. The zero-order valence-electron chi connectivity index (χ0n) is 19.1. The second-order valence-corrected chi connectivity index (χ2v) is 8.38. The third kappa shape index (κ3) is 5.41. The van der Waals surface area contributed by atoms with E-state index in [2.05, 4.69) is 0 Å². The maximum atomic E-state index is 12.8. The molecule has 0 saturated carbocycles. The Morgan fingerprint density at radius 1 is 1.00 bits per heavy atom. The van der Waals surface area contributed by atoms with Crippen LogP contribution in [0, 0.1) is 0 Å². The Morgan fingerprint density at radius 3 is 2.34 bits per heavy atom. The summed E-state index contributed by atoms with van der Waals surface area (Å²) in [5.74, 6) is 1.08. The van der Waals surface area contributed by atoms with Gasteiger partial charge < -0.3 is 18.9 Å². The first-order valence-electron chi connectivity index (χ1n) is 10.4. The monoisotopic (exact) mass is 439 g/mol. The number of amides is 2. The number of methoxy groups -OCH3 is 2. The molecule has 1 atom stereocenters. The summed E-state index contributed by atoms with van der Waals surface area (Å²) >= 11 is 0. The van der Waals surface area contributed by atoms with E-state index in [0.29, 0.717) is 23.7 Å². The van der Waals surface area contributed by atoms with E-state index < -0.39 is 23.6 Å². The summed E-state index contributed by atoms with van der Waals surface area (Å²) in [6, 6.07) is 14.5. The topological polar surface area (TPSA) is 74.3 Å². The van der Waals surface area contributed by atoms with Gasteiger partial charge in [0, 0.05) is 18.1 Å². The Labute approximate surface area is 188 Å². The van der Waals surface area contributed by atoms with Gasteiger partial charge in [-0.15, -0.1) is 0 Å². The molecule has 1 aliphatic heterocycles. The van der Waals surface area contributed by atoms with Crippen LogP contribution in [0.1, 0.15) is 31.9 Å². The predicted molar refractivity (Wildman–Crippen MR) is 119 cm³/mol. The third-order valence-electron chi connectivity index (χ3n) is 4.88. The van der Waals surface area contributed by atoms with Crippen molar-refractivity contribution in [1.29, 1.82) is 0 Å². The Hall–Kier alpha value is -3.48. The van der Waals surface area contributed by atoms with Crippen LogP contribution in [0.4, 0.5) is 4.79 Å². The fourth-order valence-corrected chi connectivity index (χ4v) is 3.49. The smallest absolute Gasteiger partial charge is 0.418 e. The van der Waals surface area contributed by atoms with Crippen LogP contribution >= 0.6 is 0 Å². The van der Waals surface area contributed by atoms with Gasteiger partial charge in [-0.1, -0.05) is 42.5 Å². The van der Waals surface area contributed by atoms with Gasteiger partial charge in [-0.2, -0.15) is 0 Å². The average Bonchev–Trinajstić information content (AvgIpc) is 3.06. The lowest BCUT2D eigenvalue weighted by molar-refractivity contribution is -0.125. The van der Waals surface area contributed by atoms with Crippen molar-refractivity contribution in [3.05, 3.63) is 71.5 Å². The molecule has 0 fully saturated rings. The van der Waals surface area contributed by atoms with Crippen molar-refractivity contribution in [2.24, 2.45) is 0 Å². The van der Waals surface area contributed by atoms with Crippen molar-refractivity contribution < 1.29 is 28.5 Å². The number of para-hydroxylation sites is 1. The maximum Gasteiger partial charge on any atom is 0.418 e. The van der Waals surface area contributed by atoms with Gasteiger partial charge in [-0.05, 0) is 32.4 Å². The number of hydrogen-bond donors (Lipinski definition) is 0. The van der Waals surface area contributed by atoms with Crippen molar-refractivity contribution in [3.63, 3.8) is 0 Å². The van der Waals surface area contributed by atoms with Crippen molar-refractivity contribution in [2.75, 3.05) is 14.2 Å². The summed E-state index contributed by atoms with van der Waals surface area (Å²) in [6.45, 7) is 5.43. The molecule has 1 heterocycles. The van der Waals surface area contributed by atoms with Crippen molar-refractivity contribution in [1.82, 2.24) is 4.90 Å². The molecule has 0 N–H and O–H groups in total. The number of carbonyl (C=O) groups excluding carboxylic acids is 2. The third-order valence-corrected chi connectivity index (χ3v) is 4.88. The van der Waals surface area contributed by atoms with E-state index in [1.54, 1.807) is 41.1 Å². The normalized spacial score (nSPS) is 15.9. The molecule has 0 radical (unpaired) electrons. The van der Waals surface area contributed by atoms with Gasteiger partial charge in [0.05, 0.1) is 14.2 Å². The van der Waals surface area contributed by atoms with E-state index in [1.807, 2.05) is 42.5 Å². The summed E-state index contributed by atoms with van der Waals surface area (Å²) in [5.41, 5.74) is 0.996. The molecule has 2 aromatic rings. The molecular weight excluding hydrogens is 410 g/mol. The van der Waals surface area contributed by atoms with Crippen LogP contribution in [-0.4, -0.2) is 42.8 Å². The van der Waals surface area contributed by atoms with Gasteiger partial charge in [0.25, 0.3) is 5.91 Å². The zero-order chi connectivity index (χ0) is 23.3. The van der Waals surface area contributed by atoms with Gasteiger partial charge in [0.1, 0.15) is 24.0 Å². The van der Waals surface area contributed by atoms with Crippen LogP contribution in [0.2, 0.25) is 0 Å². The van der Waals surface area contributed by atoms with Crippen molar-refractivity contribution in [2.45, 2.75) is 45.4 Å². The second kappa shape index (κ2) is 9.77. The largest absolute Gasteiger partial charge is 0.493 e. The van der Waals surface area contributed by atoms with Crippen LogP contribution in [-0.2, 0) is 27.3 Å². The molecule has 2 amide bonds. The molecule has 0 unspecified atom stereocenters. The van der Waals surface area contributed by atoms with Crippen molar-refractivity contribution >= 4 is 12.0 Å². The molecular formula is C25H29NO6. The number of rotatable bonds is 7. The molecule has 170 valence electrons. The molecule has 32 heavy (non-hydrogen) atoms. The Kier molecular flexibility index (Phi) is 7.08. The van der Waals surface area contributed by atoms with Crippen LogP contribution in [0.3, 0.4) is 0 Å². The number of benzene rings is 2. The van der Waals surface area contributed by atoms with Crippen LogP contribution in [0.25, 0.3) is 0 Å². The Balaban J connectivity index is 1.85. The highest BCUT2D eigenvalue weighted by atomic mass is 16.6. The van der Waals surface area contributed by atoms with E-state index in [4.69, 9.17) is 18.9 Å². The highest BCUT2D eigenvalue weighted by Crippen LogP contribution is 2.33. The lowest BCUT2D eigenvalue weighted by Gasteiger charge is -2.28. The first-order chi connectivity index (χ1) is 15.2. The van der Waals surface area contributed by atoms with Gasteiger partial charge in [-0.3, -0.25) is 4.79 Å². The first-order valence-corrected chi connectivity index (χ1v) is 10.4. The molecule has 3 rings (SSSR count). The van der Waals surface area contributed by atoms with E-state index >= 15 is 0 Å². The minimum atomic E-state index is -0.730. The molecule has 0 spiro atoms. The summed E-state index contributed by atoms with van der Waals surface area (Å²) < 4.78 is 22.3. The van der Waals surface area contributed by atoms with E-state index in [0.717, 1.165) is 16.0 Å². The molecule has 7 heteroatoms. The molecule has 0 aromatic heterocycles. The SMILES string of the molecule is COc1cccc(COC2=CC(=O)N(C(=O)OC(C)(C)C)[C@H]2Cc2ccccc2)c1OC. The summed E-state index contributed by atoms with van der Waals surface area (Å²) in [7, 11) is 3.12. The Morgan fingerprint density at radius 2 is 1.72 bits per heavy atom. The highest BCUT2D eigenvalue weighted by Gasteiger charge is 2.41.